The van der Waals surface area contributed by atoms with Crippen molar-refractivity contribution in [2.45, 2.75) is 48.3 Å². The molecular weight excluding hydrogens is 259 g/mol. The second kappa shape index (κ2) is 19.9. The van der Waals surface area contributed by atoms with E-state index in [2.05, 4.69) is 0 Å². The van der Waals surface area contributed by atoms with Crippen LogP contribution in [0.15, 0.2) is 0 Å². The first-order chi connectivity index (χ1) is 5.29. The van der Waals surface area contributed by atoms with Crippen LogP contribution >= 0.6 is 0 Å². The predicted molar refractivity (Wildman–Crippen MR) is 56.2 cm³/mol. The second-order valence-corrected chi connectivity index (χ2v) is 2.01. The van der Waals surface area contributed by atoms with E-state index in [4.69, 9.17) is 15.3 Å². The first kappa shape index (κ1) is 36.1. The summed E-state index contributed by atoms with van der Waals surface area (Å²) in [6, 6.07) is 0. The van der Waals surface area contributed by atoms with Crippen LogP contribution in [0.1, 0.15) is 36.1 Å². The molecule has 0 aliphatic heterocycles. The van der Waals surface area contributed by atoms with Gasteiger partial charge in [0.2, 0.25) is 0 Å². The SMILES string of the molecule is C.C.C.CC(O)C(=O)O.CC(O)C(=O)[O-].[Mn]. The van der Waals surface area contributed by atoms with E-state index in [9.17, 15) is 14.7 Å². The van der Waals surface area contributed by atoms with Crippen molar-refractivity contribution in [1.82, 2.24) is 0 Å². The molecule has 2 atom stereocenters. The van der Waals surface area contributed by atoms with Crippen molar-refractivity contribution in [3.8, 4) is 0 Å². The van der Waals surface area contributed by atoms with Gasteiger partial charge in [-0.05, 0) is 13.8 Å². The number of aliphatic carboxylic acids is 2. The normalized spacial score (nSPS) is 10.2. The summed E-state index contributed by atoms with van der Waals surface area (Å²) < 4.78 is 0. The fourth-order valence-electron chi connectivity index (χ4n) is 0. The Balaban J connectivity index is -0.0000000250. The number of rotatable bonds is 2. The van der Waals surface area contributed by atoms with E-state index in [1.807, 2.05) is 0 Å². The van der Waals surface area contributed by atoms with E-state index in [0.717, 1.165) is 6.92 Å². The molecule has 6 nitrogen and oxygen atoms in total. The molecule has 0 heterocycles. The summed E-state index contributed by atoms with van der Waals surface area (Å²) >= 11 is 0. The molecule has 0 bridgehead atoms. The molecule has 0 aliphatic rings. The van der Waals surface area contributed by atoms with Crippen LogP contribution in [-0.4, -0.2) is 39.5 Å². The quantitative estimate of drug-likeness (QED) is 0.586. The summed E-state index contributed by atoms with van der Waals surface area (Å²) in [4.78, 5) is 18.8. The number of carbonyl (C=O) groups is 2. The monoisotopic (exact) mass is 282 g/mol. The average molecular weight is 282 g/mol. The van der Waals surface area contributed by atoms with Gasteiger partial charge in [-0.25, -0.2) is 4.79 Å². The summed E-state index contributed by atoms with van der Waals surface area (Å²) in [5, 5.41) is 33.1. The van der Waals surface area contributed by atoms with Gasteiger partial charge in [-0.3, -0.25) is 0 Å². The molecule has 0 aliphatic carbocycles. The van der Waals surface area contributed by atoms with Crippen molar-refractivity contribution in [3.05, 3.63) is 0 Å². The first-order valence-corrected chi connectivity index (χ1v) is 3.08. The summed E-state index contributed by atoms with van der Waals surface area (Å²) in [5.41, 5.74) is 0. The van der Waals surface area contributed by atoms with Gasteiger partial charge in [-0.1, -0.05) is 22.3 Å². The van der Waals surface area contributed by atoms with Gasteiger partial charge in [0.25, 0.3) is 0 Å². The largest absolute Gasteiger partial charge is 0.547 e. The zero-order valence-electron chi connectivity index (χ0n) is 7.10. The summed E-state index contributed by atoms with van der Waals surface area (Å²) in [7, 11) is 0. The summed E-state index contributed by atoms with van der Waals surface area (Å²) in [5.74, 6) is -2.62. The maximum absolute atomic E-state index is 9.45. The van der Waals surface area contributed by atoms with E-state index in [0.29, 0.717) is 0 Å². The zero-order chi connectivity index (χ0) is 10.3. The van der Waals surface area contributed by atoms with Crippen LogP contribution in [0.2, 0.25) is 0 Å². The minimum atomic E-state index is -1.44. The third kappa shape index (κ3) is 37.7. The van der Waals surface area contributed by atoms with Crippen LogP contribution in [0, 0.1) is 0 Å². The van der Waals surface area contributed by atoms with Crippen LogP contribution in [0.25, 0.3) is 0 Å². The van der Waals surface area contributed by atoms with E-state index < -0.39 is 24.1 Å². The molecule has 0 fully saturated rings. The Labute approximate surface area is 108 Å². The molecule has 0 aromatic heterocycles. The average Bonchev–Trinajstić information content (AvgIpc) is 1.88. The van der Waals surface area contributed by atoms with E-state index in [-0.39, 0.29) is 39.3 Å². The number of hydrogen-bond donors (Lipinski definition) is 3. The van der Waals surface area contributed by atoms with E-state index in [1.54, 1.807) is 0 Å². The molecule has 0 aromatic rings. The van der Waals surface area contributed by atoms with Gasteiger partial charge < -0.3 is 25.2 Å². The molecule has 0 saturated heterocycles. The van der Waals surface area contributed by atoms with Crippen molar-refractivity contribution in [2.75, 3.05) is 0 Å². The number of carboxylic acids is 2. The van der Waals surface area contributed by atoms with Crippen LogP contribution in [0.5, 0.6) is 0 Å². The molecule has 1 radical (unpaired) electrons. The van der Waals surface area contributed by atoms with Gasteiger partial charge in [-0.2, -0.15) is 0 Å². The minimum Gasteiger partial charge on any atom is -0.547 e. The molecule has 103 valence electrons. The first-order valence-electron chi connectivity index (χ1n) is 3.08. The molecule has 0 aromatic carbocycles. The molecule has 7 heteroatoms. The Morgan fingerprint density at radius 2 is 1.12 bits per heavy atom. The maximum atomic E-state index is 9.45. The Hall–Kier alpha value is -0.621. The van der Waals surface area contributed by atoms with Gasteiger partial charge in [0.1, 0.15) is 6.10 Å². The van der Waals surface area contributed by atoms with Gasteiger partial charge in [0.05, 0.1) is 12.1 Å². The topological polar surface area (TPSA) is 118 Å². The number of carboxylic acid groups (broad SMARTS) is 2. The molecule has 2 unspecified atom stereocenters. The van der Waals surface area contributed by atoms with Gasteiger partial charge in [-0.15, -0.1) is 0 Å². The van der Waals surface area contributed by atoms with Gasteiger partial charge in [0, 0.05) is 17.1 Å². The fraction of sp³-hybridized carbons (Fsp3) is 0.778. The standard InChI is InChI=1S/2C3H6O3.3CH4.Mn/c2*1-2(4)3(5)6;;;;/h2*2,4H,1H3,(H,5,6);3*1H4;/p-1. The van der Waals surface area contributed by atoms with Gasteiger partial charge in [0.15, 0.2) is 0 Å². The van der Waals surface area contributed by atoms with Crippen molar-refractivity contribution in [2.24, 2.45) is 0 Å². The van der Waals surface area contributed by atoms with Crippen molar-refractivity contribution in [3.63, 3.8) is 0 Å². The van der Waals surface area contributed by atoms with Crippen molar-refractivity contribution in [1.29, 1.82) is 0 Å². The van der Waals surface area contributed by atoms with Crippen LogP contribution in [0.4, 0.5) is 0 Å². The summed E-state index contributed by atoms with van der Waals surface area (Å²) in [6.07, 6.45) is -2.57. The Morgan fingerprint density at radius 1 is 1.00 bits per heavy atom. The van der Waals surface area contributed by atoms with Crippen LogP contribution in [-0.2, 0) is 26.7 Å². The third-order valence-electron chi connectivity index (χ3n) is 0.699. The molecule has 16 heavy (non-hydrogen) atoms. The maximum Gasteiger partial charge on any atom is 0.332 e. The molecular formula is C9H23MnO6-. The van der Waals surface area contributed by atoms with Crippen LogP contribution < -0.4 is 5.11 Å². The second-order valence-electron chi connectivity index (χ2n) is 2.01. The molecule has 0 rings (SSSR count). The molecule has 3 N–H and O–H groups in total. The molecule has 0 amide bonds. The smallest absolute Gasteiger partial charge is 0.332 e. The van der Waals surface area contributed by atoms with E-state index in [1.165, 1.54) is 6.92 Å². The number of hydrogen-bond acceptors (Lipinski definition) is 5. The number of carbonyl (C=O) groups excluding carboxylic acids is 1. The van der Waals surface area contributed by atoms with Crippen molar-refractivity contribution >= 4 is 11.9 Å². The Morgan fingerprint density at radius 3 is 1.12 bits per heavy atom. The minimum absolute atomic E-state index is 0. The van der Waals surface area contributed by atoms with E-state index >= 15 is 0 Å². The summed E-state index contributed by atoms with van der Waals surface area (Å²) in [6.45, 7) is 2.33. The predicted octanol–water partition coefficient (Wildman–Crippen LogP) is -0.525. The number of aliphatic hydroxyl groups excluding tert-OH is 2. The van der Waals surface area contributed by atoms with Crippen LogP contribution in [0.3, 0.4) is 0 Å². The Bertz CT molecular complexity index is 140. The number of aliphatic hydroxyl groups is 2. The van der Waals surface area contributed by atoms with Crippen molar-refractivity contribution < 1.29 is 47.1 Å². The van der Waals surface area contributed by atoms with Gasteiger partial charge >= 0.3 is 5.97 Å². The fourth-order valence-corrected chi connectivity index (χ4v) is 0. The Kier molecular flexibility index (Phi) is 44.9. The zero-order valence-corrected chi connectivity index (χ0v) is 8.28. The molecule has 0 saturated carbocycles. The third-order valence-corrected chi connectivity index (χ3v) is 0.699. The molecule has 0 spiro atoms.